The summed E-state index contributed by atoms with van der Waals surface area (Å²) in [5, 5.41) is 9.80. The summed E-state index contributed by atoms with van der Waals surface area (Å²) in [5.74, 6) is 0. The molecular formula is C9H10ClNOS. The van der Waals surface area contributed by atoms with Gasteiger partial charge >= 0.3 is 0 Å². The third kappa shape index (κ3) is 1.64. The Morgan fingerprint density at radius 2 is 2.15 bits per heavy atom. The van der Waals surface area contributed by atoms with Gasteiger partial charge in [-0.15, -0.1) is 12.6 Å². The van der Waals surface area contributed by atoms with Gasteiger partial charge in [-0.05, 0) is 12.1 Å². The van der Waals surface area contributed by atoms with Gasteiger partial charge in [0.1, 0.15) is 0 Å². The van der Waals surface area contributed by atoms with Gasteiger partial charge in [0.25, 0.3) is 0 Å². The van der Waals surface area contributed by atoms with Crippen molar-refractivity contribution in [3.8, 4) is 0 Å². The van der Waals surface area contributed by atoms with E-state index in [1.165, 1.54) is 0 Å². The summed E-state index contributed by atoms with van der Waals surface area (Å²) in [7, 11) is 0. The van der Waals surface area contributed by atoms with E-state index >= 15 is 0 Å². The predicted octanol–water partition coefficient (Wildman–Crippen LogP) is 1.81. The van der Waals surface area contributed by atoms with E-state index in [1.807, 2.05) is 23.1 Å². The van der Waals surface area contributed by atoms with Crippen LogP contribution < -0.4 is 4.90 Å². The van der Waals surface area contributed by atoms with Crippen molar-refractivity contribution in [2.75, 3.05) is 18.0 Å². The van der Waals surface area contributed by atoms with Gasteiger partial charge in [-0.3, -0.25) is 0 Å². The maximum atomic E-state index is 9.14. The first-order valence-corrected chi connectivity index (χ1v) is 4.91. The van der Waals surface area contributed by atoms with Crippen LogP contribution in [0, 0.1) is 0 Å². The minimum absolute atomic E-state index is 0.209. The molecule has 1 fully saturated rings. The minimum Gasteiger partial charge on any atom is -0.389 e. The predicted molar refractivity (Wildman–Crippen MR) is 56.9 cm³/mol. The molecule has 1 saturated heterocycles. The molecule has 0 aromatic heterocycles. The normalized spacial score (nSPS) is 17.3. The van der Waals surface area contributed by atoms with E-state index in [0.717, 1.165) is 10.6 Å². The maximum absolute atomic E-state index is 9.14. The fourth-order valence-electron chi connectivity index (χ4n) is 1.40. The zero-order chi connectivity index (χ0) is 9.42. The summed E-state index contributed by atoms with van der Waals surface area (Å²) in [6.07, 6.45) is -0.209. The molecule has 1 aliphatic heterocycles. The number of thiol groups is 1. The summed E-state index contributed by atoms with van der Waals surface area (Å²) in [5.41, 5.74) is 0.958. The molecule has 1 aromatic rings. The van der Waals surface area contributed by atoms with Crippen LogP contribution in [0.15, 0.2) is 23.1 Å². The summed E-state index contributed by atoms with van der Waals surface area (Å²) >= 11 is 10.3. The molecule has 13 heavy (non-hydrogen) atoms. The smallest absolute Gasteiger partial charge is 0.0889 e. The standard InChI is InChI=1S/C9H10ClNOS/c10-9-7(2-1-3-8(9)13)11-4-6(12)5-11/h1-3,6,12-13H,4-5H2. The van der Waals surface area contributed by atoms with Crippen LogP contribution in [0.4, 0.5) is 5.69 Å². The van der Waals surface area contributed by atoms with E-state index < -0.39 is 0 Å². The second-order valence-corrected chi connectivity index (χ2v) is 4.03. The van der Waals surface area contributed by atoms with Crippen LogP contribution in [-0.2, 0) is 0 Å². The molecule has 0 spiro atoms. The summed E-state index contributed by atoms with van der Waals surface area (Å²) in [6, 6.07) is 5.70. The molecule has 0 aliphatic carbocycles. The second kappa shape index (κ2) is 3.40. The van der Waals surface area contributed by atoms with E-state index in [1.54, 1.807) is 0 Å². The third-order valence-corrected chi connectivity index (χ3v) is 3.06. The zero-order valence-electron chi connectivity index (χ0n) is 6.94. The molecule has 1 aromatic carbocycles. The topological polar surface area (TPSA) is 23.5 Å². The van der Waals surface area contributed by atoms with Crippen molar-refractivity contribution in [2.24, 2.45) is 0 Å². The molecule has 0 radical (unpaired) electrons. The minimum atomic E-state index is -0.209. The van der Waals surface area contributed by atoms with Crippen LogP contribution >= 0.6 is 24.2 Å². The molecule has 1 heterocycles. The Labute approximate surface area is 87.5 Å². The van der Waals surface area contributed by atoms with E-state index in [-0.39, 0.29) is 6.10 Å². The first-order chi connectivity index (χ1) is 6.18. The average molecular weight is 216 g/mol. The van der Waals surface area contributed by atoms with E-state index in [9.17, 15) is 0 Å². The quantitative estimate of drug-likeness (QED) is 0.699. The molecule has 0 atom stereocenters. The fraction of sp³-hybridized carbons (Fsp3) is 0.333. The average Bonchev–Trinajstić information content (AvgIpc) is 2.05. The largest absolute Gasteiger partial charge is 0.389 e. The zero-order valence-corrected chi connectivity index (χ0v) is 8.59. The molecule has 0 unspecified atom stereocenters. The van der Waals surface area contributed by atoms with Gasteiger partial charge < -0.3 is 10.0 Å². The lowest BCUT2D eigenvalue weighted by Gasteiger charge is -2.38. The number of halogens is 1. The molecule has 0 bridgehead atoms. The highest BCUT2D eigenvalue weighted by atomic mass is 35.5. The molecule has 0 saturated carbocycles. The number of nitrogens with zero attached hydrogens (tertiary/aromatic N) is 1. The van der Waals surface area contributed by atoms with E-state index in [4.69, 9.17) is 16.7 Å². The number of hydrogen-bond acceptors (Lipinski definition) is 3. The lowest BCUT2D eigenvalue weighted by molar-refractivity contribution is 0.142. The Balaban J connectivity index is 2.26. The number of β-amino-alcohol motifs (C(OH)–C–C–N with tert-alkyl or cyclic N) is 1. The Hall–Kier alpha value is -0.380. The number of benzene rings is 1. The second-order valence-electron chi connectivity index (χ2n) is 3.17. The van der Waals surface area contributed by atoms with Crippen molar-refractivity contribution in [2.45, 2.75) is 11.0 Å². The van der Waals surface area contributed by atoms with Gasteiger partial charge in [-0.25, -0.2) is 0 Å². The van der Waals surface area contributed by atoms with Crippen LogP contribution in [0.25, 0.3) is 0 Å². The van der Waals surface area contributed by atoms with Gasteiger partial charge in [0, 0.05) is 18.0 Å². The molecule has 2 nitrogen and oxygen atoms in total. The van der Waals surface area contributed by atoms with Gasteiger partial charge in [-0.2, -0.15) is 0 Å². The first-order valence-electron chi connectivity index (χ1n) is 4.09. The van der Waals surface area contributed by atoms with E-state index in [2.05, 4.69) is 12.6 Å². The molecule has 1 N–H and O–H groups in total. The summed E-state index contributed by atoms with van der Waals surface area (Å²) in [4.78, 5) is 2.81. The Morgan fingerprint density at radius 3 is 2.77 bits per heavy atom. The Morgan fingerprint density at radius 1 is 1.46 bits per heavy atom. The van der Waals surface area contributed by atoms with Crippen LogP contribution in [-0.4, -0.2) is 24.3 Å². The van der Waals surface area contributed by atoms with Crippen molar-refractivity contribution >= 4 is 29.9 Å². The van der Waals surface area contributed by atoms with Gasteiger partial charge in [0.05, 0.1) is 16.8 Å². The van der Waals surface area contributed by atoms with Crippen molar-refractivity contribution < 1.29 is 5.11 Å². The van der Waals surface area contributed by atoms with Crippen LogP contribution in [0.1, 0.15) is 0 Å². The summed E-state index contributed by atoms with van der Waals surface area (Å²) < 4.78 is 0. The fourth-order valence-corrected chi connectivity index (χ4v) is 1.85. The number of aliphatic hydroxyl groups is 1. The van der Waals surface area contributed by atoms with Crippen LogP contribution in [0.3, 0.4) is 0 Å². The monoisotopic (exact) mass is 215 g/mol. The molecule has 2 rings (SSSR count). The van der Waals surface area contributed by atoms with Crippen molar-refractivity contribution in [1.29, 1.82) is 0 Å². The number of anilines is 1. The van der Waals surface area contributed by atoms with Gasteiger partial charge in [0.2, 0.25) is 0 Å². The lowest BCUT2D eigenvalue weighted by atomic mass is 10.1. The van der Waals surface area contributed by atoms with Crippen molar-refractivity contribution in [1.82, 2.24) is 0 Å². The third-order valence-electron chi connectivity index (χ3n) is 2.16. The van der Waals surface area contributed by atoms with E-state index in [0.29, 0.717) is 18.1 Å². The highest BCUT2D eigenvalue weighted by molar-refractivity contribution is 7.80. The van der Waals surface area contributed by atoms with Crippen LogP contribution in [0.5, 0.6) is 0 Å². The molecule has 70 valence electrons. The maximum Gasteiger partial charge on any atom is 0.0889 e. The van der Waals surface area contributed by atoms with Gasteiger partial charge in [0.15, 0.2) is 0 Å². The van der Waals surface area contributed by atoms with Gasteiger partial charge in [-0.1, -0.05) is 17.7 Å². The highest BCUT2D eigenvalue weighted by Gasteiger charge is 2.26. The number of aliphatic hydroxyl groups excluding tert-OH is 1. The van der Waals surface area contributed by atoms with Crippen LogP contribution in [0.2, 0.25) is 5.02 Å². The Bertz CT molecular complexity index is 325. The molecule has 4 heteroatoms. The Kier molecular flexibility index (Phi) is 2.41. The number of hydrogen-bond donors (Lipinski definition) is 2. The summed E-state index contributed by atoms with van der Waals surface area (Å²) in [6.45, 7) is 1.33. The SMILES string of the molecule is OC1CN(c2cccc(S)c2Cl)C1. The van der Waals surface area contributed by atoms with Crippen molar-refractivity contribution in [3.05, 3.63) is 23.2 Å². The first kappa shape index (κ1) is 9.19. The highest BCUT2D eigenvalue weighted by Crippen LogP contribution is 2.33. The lowest BCUT2D eigenvalue weighted by Crippen LogP contribution is -2.50. The number of rotatable bonds is 1. The molecule has 0 amide bonds. The molecular weight excluding hydrogens is 206 g/mol. The molecule has 1 aliphatic rings. The van der Waals surface area contributed by atoms with Crippen molar-refractivity contribution in [3.63, 3.8) is 0 Å².